The van der Waals surface area contributed by atoms with Crippen molar-refractivity contribution in [3.63, 3.8) is 0 Å². The van der Waals surface area contributed by atoms with Crippen molar-refractivity contribution in [2.24, 2.45) is 11.3 Å². The first kappa shape index (κ1) is 16.9. The highest BCUT2D eigenvalue weighted by molar-refractivity contribution is 4.69. The van der Waals surface area contributed by atoms with Crippen LogP contribution in [0.25, 0.3) is 0 Å². The van der Waals surface area contributed by atoms with Crippen LogP contribution in [-0.4, -0.2) is 37.6 Å². The van der Waals surface area contributed by atoms with Crippen LogP contribution in [-0.2, 0) is 0 Å². The van der Waals surface area contributed by atoms with Crippen LogP contribution < -0.4 is 5.32 Å². The molecule has 0 rings (SSSR count). The van der Waals surface area contributed by atoms with Gasteiger partial charge in [-0.3, -0.25) is 0 Å². The number of likely N-dealkylation sites (N-methyl/N-ethyl adjacent to an activating group) is 1. The smallest absolute Gasteiger partial charge is 0.0166 e. The second-order valence-corrected chi connectivity index (χ2v) is 6.87. The third kappa shape index (κ3) is 10.8. The molecule has 2 atom stereocenters. The van der Waals surface area contributed by atoms with Crippen LogP contribution in [0.3, 0.4) is 0 Å². The van der Waals surface area contributed by atoms with Crippen LogP contribution in [0.15, 0.2) is 0 Å². The summed E-state index contributed by atoms with van der Waals surface area (Å²) in [5.41, 5.74) is 0.466. The Morgan fingerprint density at radius 2 is 1.76 bits per heavy atom. The molecular weight excluding hydrogens is 208 g/mol. The van der Waals surface area contributed by atoms with E-state index in [2.05, 4.69) is 58.8 Å². The van der Waals surface area contributed by atoms with Crippen molar-refractivity contribution in [2.45, 2.75) is 60.4 Å². The Kier molecular flexibility index (Phi) is 8.06. The molecule has 0 aliphatic carbocycles. The normalized spacial score (nSPS) is 16.2. The molecule has 17 heavy (non-hydrogen) atoms. The van der Waals surface area contributed by atoms with Crippen molar-refractivity contribution in [3.05, 3.63) is 0 Å². The lowest BCUT2D eigenvalue weighted by atomic mass is 9.84. The van der Waals surface area contributed by atoms with Crippen LogP contribution in [0.5, 0.6) is 0 Å². The van der Waals surface area contributed by atoms with Gasteiger partial charge in [-0.1, -0.05) is 34.6 Å². The van der Waals surface area contributed by atoms with Gasteiger partial charge in [0, 0.05) is 12.6 Å². The van der Waals surface area contributed by atoms with Crippen LogP contribution in [0.2, 0.25) is 0 Å². The van der Waals surface area contributed by atoms with Gasteiger partial charge in [0.1, 0.15) is 0 Å². The number of nitrogens with one attached hydrogen (secondary N) is 1. The van der Waals surface area contributed by atoms with E-state index in [4.69, 9.17) is 0 Å². The first-order chi connectivity index (χ1) is 7.74. The molecule has 0 amide bonds. The lowest BCUT2D eigenvalue weighted by Crippen LogP contribution is -2.38. The zero-order valence-electron chi connectivity index (χ0n) is 13.1. The van der Waals surface area contributed by atoms with Crippen LogP contribution in [0.4, 0.5) is 0 Å². The van der Waals surface area contributed by atoms with Crippen molar-refractivity contribution in [2.75, 3.05) is 26.7 Å². The molecule has 0 aromatic rings. The van der Waals surface area contributed by atoms with Gasteiger partial charge < -0.3 is 10.2 Å². The fourth-order valence-corrected chi connectivity index (χ4v) is 2.38. The molecular formula is C15H34N2. The lowest BCUT2D eigenvalue weighted by molar-refractivity contribution is 0.281. The van der Waals surface area contributed by atoms with Crippen molar-refractivity contribution in [1.82, 2.24) is 10.2 Å². The Bertz CT molecular complexity index is 184. The predicted octanol–water partition coefficient (Wildman–Crippen LogP) is 3.38. The Morgan fingerprint density at radius 1 is 1.18 bits per heavy atom. The van der Waals surface area contributed by atoms with Gasteiger partial charge in [-0.2, -0.15) is 0 Å². The minimum atomic E-state index is 0.466. The number of rotatable bonds is 8. The molecule has 0 saturated heterocycles. The molecule has 0 radical (unpaired) electrons. The monoisotopic (exact) mass is 242 g/mol. The summed E-state index contributed by atoms with van der Waals surface area (Å²) in [6.45, 7) is 17.3. The van der Waals surface area contributed by atoms with E-state index in [0.717, 1.165) is 25.6 Å². The molecule has 2 nitrogen and oxygen atoms in total. The van der Waals surface area contributed by atoms with Crippen molar-refractivity contribution in [1.29, 1.82) is 0 Å². The standard InChI is InChI=1S/C15H34N2/c1-8-17(7)12-14(3)16-10-9-13(2)11-15(4,5)6/h13-14,16H,8-12H2,1-7H3. The summed E-state index contributed by atoms with van der Waals surface area (Å²) in [7, 11) is 2.18. The minimum absolute atomic E-state index is 0.466. The Morgan fingerprint density at radius 3 is 2.24 bits per heavy atom. The molecule has 0 aliphatic heterocycles. The maximum absolute atomic E-state index is 3.62. The van der Waals surface area contributed by atoms with Gasteiger partial charge in [-0.05, 0) is 51.2 Å². The van der Waals surface area contributed by atoms with Gasteiger partial charge in [0.15, 0.2) is 0 Å². The third-order valence-electron chi connectivity index (χ3n) is 3.22. The highest BCUT2D eigenvalue weighted by atomic mass is 15.1. The first-order valence-corrected chi connectivity index (χ1v) is 7.16. The Labute approximate surface area is 109 Å². The molecule has 0 heterocycles. The Balaban J connectivity index is 3.62. The topological polar surface area (TPSA) is 15.3 Å². The number of nitrogens with zero attached hydrogens (tertiary/aromatic N) is 1. The minimum Gasteiger partial charge on any atom is -0.313 e. The van der Waals surface area contributed by atoms with E-state index in [0.29, 0.717) is 11.5 Å². The third-order valence-corrected chi connectivity index (χ3v) is 3.22. The average molecular weight is 242 g/mol. The molecule has 0 aromatic carbocycles. The molecule has 0 saturated carbocycles. The van der Waals surface area contributed by atoms with Gasteiger partial charge >= 0.3 is 0 Å². The summed E-state index contributed by atoms with van der Waals surface area (Å²) < 4.78 is 0. The molecule has 1 N–H and O–H groups in total. The SMILES string of the molecule is CCN(C)CC(C)NCCC(C)CC(C)(C)C. The molecule has 0 spiro atoms. The van der Waals surface area contributed by atoms with E-state index >= 15 is 0 Å². The van der Waals surface area contributed by atoms with E-state index in [1.807, 2.05) is 0 Å². The fraction of sp³-hybridized carbons (Fsp3) is 1.00. The van der Waals surface area contributed by atoms with Gasteiger partial charge in [0.25, 0.3) is 0 Å². The highest BCUT2D eigenvalue weighted by Crippen LogP contribution is 2.25. The summed E-state index contributed by atoms with van der Waals surface area (Å²) in [4.78, 5) is 2.36. The van der Waals surface area contributed by atoms with Crippen molar-refractivity contribution in [3.8, 4) is 0 Å². The lowest BCUT2D eigenvalue weighted by Gasteiger charge is -2.25. The highest BCUT2D eigenvalue weighted by Gasteiger charge is 2.15. The maximum atomic E-state index is 3.62. The zero-order chi connectivity index (χ0) is 13.5. The summed E-state index contributed by atoms with van der Waals surface area (Å²) in [6, 6.07) is 0.599. The molecule has 104 valence electrons. The number of hydrogen-bond acceptors (Lipinski definition) is 2. The molecule has 0 aromatic heterocycles. The van der Waals surface area contributed by atoms with Crippen molar-refractivity contribution < 1.29 is 0 Å². The van der Waals surface area contributed by atoms with Gasteiger partial charge in [0.05, 0.1) is 0 Å². The van der Waals surface area contributed by atoms with Crippen LogP contribution in [0, 0.1) is 11.3 Å². The second kappa shape index (κ2) is 8.10. The van der Waals surface area contributed by atoms with E-state index in [1.54, 1.807) is 0 Å². The first-order valence-electron chi connectivity index (χ1n) is 7.16. The molecule has 0 aliphatic rings. The van der Waals surface area contributed by atoms with Crippen LogP contribution in [0.1, 0.15) is 54.4 Å². The zero-order valence-corrected chi connectivity index (χ0v) is 13.1. The van der Waals surface area contributed by atoms with Crippen molar-refractivity contribution >= 4 is 0 Å². The second-order valence-electron chi connectivity index (χ2n) is 6.87. The van der Waals surface area contributed by atoms with Gasteiger partial charge in [-0.15, -0.1) is 0 Å². The van der Waals surface area contributed by atoms with Gasteiger partial charge in [-0.25, -0.2) is 0 Å². The molecule has 2 unspecified atom stereocenters. The van der Waals surface area contributed by atoms with E-state index < -0.39 is 0 Å². The fourth-order valence-electron chi connectivity index (χ4n) is 2.38. The maximum Gasteiger partial charge on any atom is 0.0166 e. The largest absolute Gasteiger partial charge is 0.313 e. The summed E-state index contributed by atoms with van der Waals surface area (Å²) in [5, 5.41) is 3.62. The molecule has 2 heteroatoms. The number of hydrogen-bond donors (Lipinski definition) is 1. The average Bonchev–Trinajstić information content (AvgIpc) is 2.14. The summed E-state index contributed by atoms with van der Waals surface area (Å²) >= 11 is 0. The molecule has 0 fully saturated rings. The summed E-state index contributed by atoms with van der Waals surface area (Å²) in [6.07, 6.45) is 2.61. The van der Waals surface area contributed by atoms with E-state index in [1.165, 1.54) is 12.8 Å². The van der Waals surface area contributed by atoms with Crippen LogP contribution >= 0.6 is 0 Å². The van der Waals surface area contributed by atoms with E-state index in [-0.39, 0.29) is 0 Å². The van der Waals surface area contributed by atoms with E-state index in [9.17, 15) is 0 Å². The predicted molar refractivity (Wildman–Crippen MR) is 78.5 cm³/mol. The Hall–Kier alpha value is -0.0800. The quantitative estimate of drug-likeness (QED) is 0.702. The summed E-state index contributed by atoms with van der Waals surface area (Å²) in [5.74, 6) is 0.818. The molecule has 0 bridgehead atoms. The van der Waals surface area contributed by atoms with Gasteiger partial charge in [0.2, 0.25) is 0 Å².